The number of phenolic OH excluding ortho intramolecular Hbond substituents is 2. The third kappa shape index (κ3) is 2.78. The van der Waals surface area contributed by atoms with Gasteiger partial charge in [-0.25, -0.2) is 0 Å². The molecule has 0 heterocycles. The molecule has 23 heavy (non-hydrogen) atoms. The largest absolute Gasteiger partial charge is 0.508 e. The fourth-order valence-corrected chi connectivity index (χ4v) is 2.93. The molecule has 0 saturated heterocycles. The summed E-state index contributed by atoms with van der Waals surface area (Å²) in [7, 11) is 0. The Morgan fingerprint density at radius 1 is 0.870 bits per heavy atom. The number of aromatic hydroxyl groups is 2. The zero-order chi connectivity index (χ0) is 16.6. The second-order valence-corrected chi connectivity index (χ2v) is 5.96. The third-order valence-electron chi connectivity index (χ3n) is 4.00. The topological polar surface area (TPSA) is 57.5 Å². The van der Waals surface area contributed by atoms with Crippen LogP contribution in [0.15, 0.2) is 54.6 Å². The van der Waals surface area contributed by atoms with Crippen molar-refractivity contribution in [3.05, 3.63) is 71.3 Å². The number of carbonyl (C=O) groups is 1. The quantitative estimate of drug-likeness (QED) is 0.695. The molecule has 0 amide bonds. The van der Waals surface area contributed by atoms with Crippen LogP contribution in [0.2, 0.25) is 0 Å². The minimum Gasteiger partial charge on any atom is -0.508 e. The highest BCUT2D eigenvalue weighted by molar-refractivity contribution is 6.12. The summed E-state index contributed by atoms with van der Waals surface area (Å²) in [6, 6.07) is 15.2. The van der Waals surface area contributed by atoms with E-state index in [4.69, 9.17) is 0 Å². The van der Waals surface area contributed by atoms with Crippen LogP contribution < -0.4 is 0 Å². The first kappa shape index (κ1) is 15.1. The van der Waals surface area contributed by atoms with E-state index in [1.807, 2.05) is 18.2 Å². The number of phenols is 2. The van der Waals surface area contributed by atoms with E-state index in [9.17, 15) is 15.0 Å². The Bertz CT molecular complexity index is 877. The average Bonchev–Trinajstić information content (AvgIpc) is 2.53. The van der Waals surface area contributed by atoms with E-state index >= 15 is 0 Å². The predicted octanol–water partition coefficient (Wildman–Crippen LogP) is 4.61. The Labute approximate surface area is 134 Å². The van der Waals surface area contributed by atoms with Crippen LogP contribution in [-0.2, 0) is 0 Å². The van der Waals surface area contributed by atoms with E-state index in [-0.39, 0.29) is 23.2 Å². The van der Waals surface area contributed by atoms with Gasteiger partial charge < -0.3 is 10.2 Å². The molecular formula is C20H18O3. The number of hydrogen-bond acceptors (Lipinski definition) is 3. The Kier molecular flexibility index (Phi) is 3.78. The molecule has 0 unspecified atom stereocenters. The van der Waals surface area contributed by atoms with Crippen LogP contribution in [0.1, 0.15) is 41.3 Å². The third-order valence-corrected chi connectivity index (χ3v) is 4.00. The Balaban J connectivity index is 2.20. The van der Waals surface area contributed by atoms with Gasteiger partial charge in [0.05, 0.1) is 0 Å². The summed E-state index contributed by atoms with van der Waals surface area (Å²) in [5.41, 5.74) is 2.17. The van der Waals surface area contributed by atoms with E-state index in [0.717, 1.165) is 16.3 Å². The lowest BCUT2D eigenvalue weighted by Crippen LogP contribution is -2.07. The minimum atomic E-state index is -0.0660. The van der Waals surface area contributed by atoms with E-state index in [1.54, 1.807) is 24.3 Å². The average molecular weight is 306 g/mol. The maximum atomic E-state index is 12.9. The normalized spacial score (nSPS) is 11.1. The van der Waals surface area contributed by atoms with Crippen LogP contribution in [0.3, 0.4) is 0 Å². The molecule has 3 rings (SSSR count). The van der Waals surface area contributed by atoms with Crippen molar-refractivity contribution in [2.75, 3.05) is 0 Å². The van der Waals surface area contributed by atoms with Crippen LogP contribution in [-0.4, -0.2) is 16.0 Å². The molecule has 0 aliphatic heterocycles. The van der Waals surface area contributed by atoms with Crippen molar-refractivity contribution in [3.8, 4) is 11.5 Å². The van der Waals surface area contributed by atoms with Gasteiger partial charge in [0.2, 0.25) is 0 Å². The van der Waals surface area contributed by atoms with Gasteiger partial charge >= 0.3 is 0 Å². The number of fused-ring (bicyclic) bond motifs is 1. The van der Waals surface area contributed by atoms with Gasteiger partial charge in [-0.1, -0.05) is 32.0 Å². The van der Waals surface area contributed by atoms with Crippen LogP contribution >= 0.6 is 0 Å². The summed E-state index contributed by atoms with van der Waals surface area (Å²) in [4.78, 5) is 12.9. The molecule has 3 nitrogen and oxygen atoms in total. The molecule has 0 fully saturated rings. The first-order chi connectivity index (χ1) is 11.0. The van der Waals surface area contributed by atoms with Crippen molar-refractivity contribution >= 4 is 16.6 Å². The highest BCUT2D eigenvalue weighted by atomic mass is 16.3. The van der Waals surface area contributed by atoms with Crippen molar-refractivity contribution in [2.24, 2.45) is 0 Å². The van der Waals surface area contributed by atoms with Crippen molar-refractivity contribution < 1.29 is 15.0 Å². The molecule has 2 N–H and O–H groups in total. The zero-order valence-corrected chi connectivity index (χ0v) is 13.1. The lowest BCUT2D eigenvalue weighted by atomic mass is 9.87. The fourth-order valence-electron chi connectivity index (χ4n) is 2.93. The molecule has 3 heteroatoms. The van der Waals surface area contributed by atoms with E-state index in [2.05, 4.69) is 13.8 Å². The number of carbonyl (C=O) groups excluding carboxylic acids is 1. The van der Waals surface area contributed by atoms with Crippen molar-refractivity contribution in [1.82, 2.24) is 0 Å². The Morgan fingerprint density at radius 2 is 1.52 bits per heavy atom. The van der Waals surface area contributed by atoms with Crippen LogP contribution in [0.5, 0.6) is 11.5 Å². The molecule has 3 aromatic rings. The standard InChI is InChI=1S/C20H18O3/c1-12(2)19-17-10-8-16(22)11-14(17)5-9-18(19)20(23)13-3-6-15(21)7-4-13/h3-12,21-22H,1-2H3. The first-order valence-corrected chi connectivity index (χ1v) is 7.56. The van der Waals surface area contributed by atoms with Gasteiger partial charge in [0, 0.05) is 11.1 Å². The summed E-state index contributed by atoms with van der Waals surface area (Å²) in [5.74, 6) is 0.451. The van der Waals surface area contributed by atoms with Gasteiger partial charge in [0.15, 0.2) is 5.78 Å². The number of hydrogen-bond donors (Lipinski definition) is 2. The lowest BCUT2D eigenvalue weighted by molar-refractivity contribution is 0.103. The maximum Gasteiger partial charge on any atom is 0.193 e. The molecule has 0 spiro atoms. The van der Waals surface area contributed by atoms with Gasteiger partial charge in [0.1, 0.15) is 11.5 Å². The van der Waals surface area contributed by atoms with E-state index in [1.165, 1.54) is 12.1 Å². The minimum absolute atomic E-state index is 0.0660. The number of benzene rings is 3. The molecule has 0 radical (unpaired) electrons. The number of ketones is 1. The van der Waals surface area contributed by atoms with Gasteiger partial charge in [-0.3, -0.25) is 4.79 Å². The lowest BCUT2D eigenvalue weighted by Gasteiger charge is -2.16. The molecular weight excluding hydrogens is 288 g/mol. The summed E-state index contributed by atoms with van der Waals surface area (Å²) >= 11 is 0. The molecule has 0 saturated carbocycles. The van der Waals surface area contributed by atoms with E-state index < -0.39 is 0 Å². The summed E-state index contributed by atoms with van der Waals surface area (Å²) in [5, 5.41) is 20.9. The molecule has 0 atom stereocenters. The molecule has 0 aliphatic carbocycles. The molecule has 3 aromatic carbocycles. The monoisotopic (exact) mass is 306 g/mol. The van der Waals surface area contributed by atoms with Crippen LogP contribution in [0.25, 0.3) is 10.8 Å². The molecule has 0 aliphatic rings. The van der Waals surface area contributed by atoms with Crippen molar-refractivity contribution in [3.63, 3.8) is 0 Å². The van der Waals surface area contributed by atoms with Gasteiger partial charge in [-0.2, -0.15) is 0 Å². The number of rotatable bonds is 3. The van der Waals surface area contributed by atoms with E-state index in [0.29, 0.717) is 11.1 Å². The summed E-state index contributed by atoms with van der Waals surface area (Å²) in [6.45, 7) is 4.10. The molecule has 116 valence electrons. The van der Waals surface area contributed by atoms with Gasteiger partial charge in [-0.15, -0.1) is 0 Å². The van der Waals surface area contributed by atoms with Crippen molar-refractivity contribution in [2.45, 2.75) is 19.8 Å². The second-order valence-electron chi connectivity index (χ2n) is 5.96. The molecule has 0 aromatic heterocycles. The van der Waals surface area contributed by atoms with Crippen LogP contribution in [0.4, 0.5) is 0 Å². The second kappa shape index (κ2) is 5.76. The van der Waals surface area contributed by atoms with Gasteiger partial charge in [0.25, 0.3) is 0 Å². The highest BCUT2D eigenvalue weighted by Crippen LogP contribution is 2.32. The predicted molar refractivity (Wildman–Crippen MR) is 91.2 cm³/mol. The van der Waals surface area contributed by atoms with Crippen LogP contribution in [0, 0.1) is 0 Å². The zero-order valence-electron chi connectivity index (χ0n) is 13.1. The summed E-state index contributed by atoms with van der Waals surface area (Å²) < 4.78 is 0. The smallest absolute Gasteiger partial charge is 0.193 e. The SMILES string of the molecule is CC(C)c1c(C(=O)c2ccc(O)cc2)ccc2cc(O)ccc12. The molecule has 0 bridgehead atoms. The van der Waals surface area contributed by atoms with Gasteiger partial charge in [-0.05, 0) is 58.7 Å². The first-order valence-electron chi connectivity index (χ1n) is 7.56. The highest BCUT2D eigenvalue weighted by Gasteiger charge is 2.18. The fraction of sp³-hybridized carbons (Fsp3) is 0.150. The maximum absolute atomic E-state index is 12.9. The Morgan fingerprint density at radius 3 is 2.17 bits per heavy atom. The Hall–Kier alpha value is -2.81. The summed E-state index contributed by atoms with van der Waals surface area (Å²) in [6.07, 6.45) is 0. The van der Waals surface area contributed by atoms with Crippen molar-refractivity contribution in [1.29, 1.82) is 0 Å².